The molecular weight excluding hydrogens is 572 g/mol. The minimum Gasteiger partial charge on any atom is -0.492 e. The Morgan fingerprint density at radius 2 is 1.88 bits per heavy atom. The van der Waals surface area contributed by atoms with Crippen LogP contribution in [0.2, 0.25) is 0 Å². The number of fused-ring (bicyclic) bond motifs is 1. The molecule has 6 rings (SSSR count). The number of benzene rings is 2. The van der Waals surface area contributed by atoms with E-state index in [0.717, 1.165) is 18.9 Å². The lowest BCUT2D eigenvalue weighted by atomic mass is 10.1. The number of cyclic esters (lactones) is 1. The first-order chi connectivity index (χ1) is 20.7. The van der Waals surface area contributed by atoms with Crippen molar-refractivity contribution in [2.75, 3.05) is 49.8 Å². The van der Waals surface area contributed by atoms with Crippen LogP contribution in [0.15, 0.2) is 35.3 Å². The second kappa shape index (κ2) is 11.2. The zero-order chi connectivity index (χ0) is 30.4. The van der Waals surface area contributed by atoms with Gasteiger partial charge in [0.2, 0.25) is 5.43 Å². The highest BCUT2D eigenvalue weighted by Gasteiger charge is 2.34. The number of hydrogen-bond donors (Lipinski definition) is 2. The molecule has 3 heterocycles. The van der Waals surface area contributed by atoms with Crippen LogP contribution in [-0.4, -0.2) is 73.1 Å². The number of nitrogens with zero attached hydrogens (tertiary/aromatic N) is 3. The predicted molar refractivity (Wildman–Crippen MR) is 149 cm³/mol. The molecule has 0 unspecified atom stereocenters. The number of pyridine rings is 1. The molecule has 1 saturated carbocycles. The van der Waals surface area contributed by atoms with E-state index in [4.69, 9.17) is 19.3 Å². The number of amides is 1. The largest absolute Gasteiger partial charge is 0.511 e. The molecule has 0 spiro atoms. The molecule has 3 fully saturated rings. The smallest absolute Gasteiger partial charge is 0.492 e. The summed E-state index contributed by atoms with van der Waals surface area (Å²) in [5, 5.41) is 18.2. The van der Waals surface area contributed by atoms with Crippen molar-refractivity contribution < 1.29 is 47.5 Å². The van der Waals surface area contributed by atoms with Gasteiger partial charge in [-0.1, -0.05) is 0 Å². The molecule has 2 saturated heterocycles. The standard InChI is InChI=1S/C29H29F2N3O9/c1-40-27-24-19(26(36)23(43-29(38)39)12-33(24)16-2-3-16)9-21(31)25(27)32-7-6-15(10-32)14-41-22-5-4-17(8-20(22)30)34-11-18(13-35)42-28(34)37/h4-5,8-9,12,15-16,18,35H,2-3,6-7,10-11,13-14H2,1H3,(H,38,39)/t15-,18+/m0/s1. The van der Waals surface area contributed by atoms with Crippen LogP contribution in [0.5, 0.6) is 17.2 Å². The van der Waals surface area contributed by atoms with Crippen LogP contribution in [0.3, 0.4) is 0 Å². The molecule has 2 N–H and O–H groups in total. The Balaban J connectivity index is 1.21. The Kier molecular flexibility index (Phi) is 7.46. The number of halogens is 2. The van der Waals surface area contributed by atoms with E-state index < -0.39 is 41.2 Å². The third-order valence-corrected chi connectivity index (χ3v) is 7.89. The molecule has 228 valence electrons. The molecule has 3 aliphatic rings. The minimum absolute atomic E-state index is 0.00391. The van der Waals surface area contributed by atoms with Gasteiger partial charge in [-0.05, 0) is 37.5 Å². The number of aromatic nitrogens is 1. The van der Waals surface area contributed by atoms with Gasteiger partial charge < -0.3 is 38.6 Å². The van der Waals surface area contributed by atoms with E-state index in [1.54, 1.807) is 9.47 Å². The highest BCUT2D eigenvalue weighted by atomic mass is 19.1. The Labute approximate surface area is 243 Å². The normalized spacial score (nSPS) is 20.0. The molecular formula is C29H29F2N3O9. The number of hydrogen-bond acceptors (Lipinski definition) is 9. The van der Waals surface area contributed by atoms with Gasteiger partial charge in [0.15, 0.2) is 28.9 Å². The van der Waals surface area contributed by atoms with Crippen molar-refractivity contribution >= 4 is 34.5 Å². The SMILES string of the molecule is COc1c(N2CC[C@H](COc3ccc(N4C[C@H](CO)OC4=O)cc3F)C2)c(F)cc2c(=O)c(OC(=O)O)cn(C3CC3)c12. The number of aliphatic hydroxyl groups is 1. The third-order valence-electron chi connectivity index (χ3n) is 7.89. The molecule has 1 aliphatic carbocycles. The molecule has 2 aromatic carbocycles. The van der Waals surface area contributed by atoms with Crippen LogP contribution in [0.1, 0.15) is 25.3 Å². The quantitative estimate of drug-likeness (QED) is 0.347. The molecule has 1 aromatic heterocycles. The number of carbonyl (C=O) groups excluding carboxylic acids is 1. The summed E-state index contributed by atoms with van der Waals surface area (Å²) in [6.07, 6.45) is 0.558. The van der Waals surface area contributed by atoms with Crippen LogP contribution >= 0.6 is 0 Å². The molecule has 12 nitrogen and oxygen atoms in total. The number of ether oxygens (including phenoxy) is 4. The zero-order valence-corrected chi connectivity index (χ0v) is 23.1. The number of carboxylic acid groups (broad SMARTS) is 1. The van der Waals surface area contributed by atoms with Gasteiger partial charge in [0.05, 0.1) is 49.7 Å². The maximum Gasteiger partial charge on any atom is 0.511 e. The number of rotatable bonds is 9. The van der Waals surface area contributed by atoms with Gasteiger partial charge in [-0.15, -0.1) is 0 Å². The van der Waals surface area contributed by atoms with E-state index in [-0.39, 0.29) is 60.0 Å². The highest BCUT2D eigenvalue weighted by Crippen LogP contribution is 2.45. The van der Waals surface area contributed by atoms with Crippen molar-refractivity contribution in [3.63, 3.8) is 0 Å². The minimum atomic E-state index is -1.64. The first-order valence-corrected chi connectivity index (χ1v) is 13.8. The fraction of sp³-hybridized carbons (Fsp3) is 0.414. The Bertz CT molecular complexity index is 1660. The van der Waals surface area contributed by atoms with Crippen molar-refractivity contribution in [1.29, 1.82) is 0 Å². The summed E-state index contributed by atoms with van der Waals surface area (Å²) in [6.45, 7) is 0.739. The lowest BCUT2D eigenvalue weighted by Crippen LogP contribution is -2.25. The third kappa shape index (κ3) is 5.38. The van der Waals surface area contributed by atoms with Gasteiger partial charge in [-0.2, -0.15) is 0 Å². The van der Waals surface area contributed by atoms with Crippen molar-refractivity contribution in [1.82, 2.24) is 4.57 Å². The summed E-state index contributed by atoms with van der Waals surface area (Å²) in [7, 11) is 1.38. The van der Waals surface area contributed by atoms with Crippen molar-refractivity contribution in [2.45, 2.75) is 31.4 Å². The fourth-order valence-electron chi connectivity index (χ4n) is 5.70. The molecule has 43 heavy (non-hydrogen) atoms. The summed E-state index contributed by atoms with van der Waals surface area (Å²) < 4.78 is 53.4. The number of carbonyl (C=O) groups is 2. The second-order valence-corrected chi connectivity index (χ2v) is 10.8. The van der Waals surface area contributed by atoms with Gasteiger partial charge in [0.1, 0.15) is 11.8 Å². The van der Waals surface area contributed by atoms with E-state index in [0.29, 0.717) is 25.0 Å². The first-order valence-electron chi connectivity index (χ1n) is 13.8. The lowest BCUT2D eigenvalue weighted by molar-refractivity contribution is 0.0963. The van der Waals surface area contributed by atoms with Crippen molar-refractivity contribution in [3.8, 4) is 17.2 Å². The molecule has 2 aliphatic heterocycles. The molecule has 14 heteroatoms. The Morgan fingerprint density at radius 1 is 1.09 bits per heavy atom. The average Bonchev–Trinajstić information content (AvgIpc) is 3.60. The number of aliphatic hydroxyl groups excluding tert-OH is 1. The van der Waals surface area contributed by atoms with E-state index in [9.17, 15) is 23.9 Å². The van der Waals surface area contributed by atoms with Gasteiger partial charge in [0.25, 0.3) is 0 Å². The van der Waals surface area contributed by atoms with Gasteiger partial charge >= 0.3 is 12.2 Å². The van der Waals surface area contributed by atoms with E-state index in [1.807, 2.05) is 0 Å². The van der Waals surface area contributed by atoms with Crippen LogP contribution in [0.25, 0.3) is 10.9 Å². The van der Waals surface area contributed by atoms with E-state index in [1.165, 1.54) is 36.4 Å². The van der Waals surface area contributed by atoms with Crippen LogP contribution in [0.4, 0.5) is 29.7 Å². The van der Waals surface area contributed by atoms with Crippen molar-refractivity contribution in [3.05, 3.63) is 52.3 Å². The summed E-state index contributed by atoms with van der Waals surface area (Å²) >= 11 is 0. The van der Waals surface area contributed by atoms with Crippen molar-refractivity contribution in [2.24, 2.45) is 5.92 Å². The van der Waals surface area contributed by atoms with E-state index >= 15 is 4.39 Å². The first kappa shape index (κ1) is 28.5. The summed E-state index contributed by atoms with van der Waals surface area (Å²) in [5.41, 5.74) is 0.0577. The highest BCUT2D eigenvalue weighted by molar-refractivity contribution is 5.93. The van der Waals surface area contributed by atoms with Gasteiger partial charge in [-0.3, -0.25) is 9.69 Å². The summed E-state index contributed by atoms with van der Waals surface area (Å²) in [6, 6.07) is 5.19. The predicted octanol–water partition coefficient (Wildman–Crippen LogP) is 3.90. The fourth-order valence-corrected chi connectivity index (χ4v) is 5.70. The van der Waals surface area contributed by atoms with Gasteiger partial charge in [-0.25, -0.2) is 18.4 Å². The van der Waals surface area contributed by atoms with Crippen LogP contribution < -0.4 is 29.4 Å². The lowest BCUT2D eigenvalue weighted by Gasteiger charge is -2.25. The maximum absolute atomic E-state index is 15.7. The second-order valence-electron chi connectivity index (χ2n) is 10.8. The monoisotopic (exact) mass is 601 g/mol. The van der Waals surface area contributed by atoms with E-state index in [2.05, 4.69) is 4.74 Å². The molecule has 0 radical (unpaired) electrons. The number of methoxy groups -OCH3 is 1. The number of anilines is 2. The average molecular weight is 602 g/mol. The zero-order valence-electron chi connectivity index (χ0n) is 23.1. The molecule has 2 atom stereocenters. The Morgan fingerprint density at radius 3 is 2.53 bits per heavy atom. The molecule has 0 bridgehead atoms. The topological polar surface area (TPSA) is 140 Å². The Hall–Kier alpha value is -4.59. The molecule has 1 amide bonds. The molecule has 3 aromatic rings. The summed E-state index contributed by atoms with van der Waals surface area (Å²) in [4.78, 5) is 39.2. The van der Waals surface area contributed by atoms with Gasteiger partial charge in [0, 0.05) is 31.1 Å². The van der Waals surface area contributed by atoms with Crippen LogP contribution in [0, 0.1) is 17.6 Å². The summed E-state index contributed by atoms with van der Waals surface area (Å²) in [5.74, 6) is -1.71. The van der Waals surface area contributed by atoms with Crippen LogP contribution in [-0.2, 0) is 4.74 Å². The maximum atomic E-state index is 15.7.